The van der Waals surface area contributed by atoms with Gasteiger partial charge >= 0.3 is 0 Å². The highest BCUT2D eigenvalue weighted by molar-refractivity contribution is 5.17. The van der Waals surface area contributed by atoms with E-state index in [0.717, 1.165) is 31.6 Å². The molecule has 1 aromatic rings. The maximum absolute atomic E-state index is 9.92. The molecule has 0 bridgehead atoms. The highest BCUT2D eigenvalue weighted by Gasteiger charge is 2.04. The zero-order chi connectivity index (χ0) is 13.8. The van der Waals surface area contributed by atoms with Gasteiger partial charge in [-0.25, -0.2) is 0 Å². The van der Waals surface area contributed by atoms with E-state index in [2.05, 4.69) is 5.32 Å². The van der Waals surface area contributed by atoms with Crippen LogP contribution in [0.1, 0.15) is 24.5 Å². The van der Waals surface area contributed by atoms with Crippen LogP contribution in [0.2, 0.25) is 0 Å². The molecule has 19 heavy (non-hydrogen) atoms. The summed E-state index contributed by atoms with van der Waals surface area (Å²) in [5, 5.41) is 13.2. The lowest BCUT2D eigenvalue weighted by Gasteiger charge is -2.12. The Bertz CT molecular complexity index is 306. The topological polar surface area (TPSA) is 50.7 Å². The Kier molecular flexibility index (Phi) is 9.27. The Labute approximate surface area is 115 Å². The number of unbranched alkanes of at least 4 members (excludes halogenated alkanes) is 1. The Morgan fingerprint density at radius 2 is 1.89 bits per heavy atom. The van der Waals surface area contributed by atoms with Crippen molar-refractivity contribution in [3.05, 3.63) is 35.9 Å². The lowest BCUT2D eigenvalue weighted by atomic mass is 10.1. The summed E-state index contributed by atoms with van der Waals surface area (Å²) in [6.07, 6.45) is 1.64. The van der Waals surface area contributed by atoms with E-state index in [4.69, 9.17) is 9.47 Å². The molecule has 1 atom stereocenters. The van der Waals surface area contributed by atoms with Gasteiger partial charge in [-0.15, -0.1) is 0 Å². The Morgan fingerprint density at radius 1 is 1.11 bits per heavy atom. The van der Waals surface area contributed by atoms with Crippen LogP contribution in [-0.4, -0.2) is 45.1 Å². The lowest BCUT2D eigenvalue weighted by Crippen LogP contribution is -2.22. The number of benzene rings is 1. The molecule has 0 aromatic heterocycles. The van der Waals surface area contributed by atoms with Crippen LogP contribution in [0, 0.1) is 0 Å². The summed E-state index contributed by atoms with van der Waals surface area (Å²) in [5.74, 6) is 0. The van der Waals surface area contributed by atoms with E-state index in [1.807, 2.05) is 30.3 Å². The summed E-state index contributed by atoms with van der Waals surface area (Å²) in [6.45, 7) is 3.58. The Hall–Kier alpha value is -0.940. The van der Waals surface area contributed by atoms with E-state index in [-0.39, 0.29) is 0 Å². The molecule has 0 radical (unpaired) electrons. The fourth-order valence-electron chi connectivity index (χ4n) is 1.73. The minimum Gasteiger partial charge on any atom is -0.387 e. The number of nitrogens with one attached hydrogen (secondary N) is 1. The first-order valence-corrected chi connectivity index (χ1v) is 6.85. The van der Waals surface area contributed by atoms with Gasteiger partial charge in [-0.05, 0) is 24.9 Å². The van der Waals surface area contributed by atoms with Gasteiger partial charge in [0.25, 0.3) is 0 Å². The maximum atomic E-state index is 9.92. The zero-order valence-electron chi connectivity index (χ0n) is 11.7. The summed E-state index contributed by atoms with van der Waals surface area (Å²) in [6, 6.07) is 9.71. The summed E-state index contributed by atoms with van der Waals surface area (Å²) in [5.41, 5.74) is 0.956. The van der Waals surface area contributed by atoms with Crippen molar-refractivity contribution in [3.8, 4) is 0 Å². The molecule has 1 rings (SSSR count). The molecule has 4 nitrogen and oxygen atoms in total. The van der Waals surface area contributed by atoms with E-state index < -0.39 is 6.10 Å². The van der Waals surface area contributed by atoms with Crippen molar-refractivity contribution in [1.82, 2.24) is 5.32 Å². The minimum absolute atomic E-state index is 0.431. The number of aliphatic hydroxyl groups excluding tert-OH is 1. The summed E-state index contributed by atoms with van der Waals surface area (Å²) < 4.78 is 10.3. The largest absolute Gasteiger partial charge is 0.387 e. The van der Waals surface area contributed by atoms with Crippen molar-refractivity contribution in [2.24, 2.45) is 0 Å². The maximum Gasteiger partial charge on any atom is 0.0914 e. The van der Waals surface area contributed by atoms with Crippen molar-refractivity contribution in [1.29, 1.82) is 0 Å². The third-order valence-corrected chi connectivity index (χ3v) is 2.85. The van der Waals surface area contributed by atoms with Gasteiger partial charge in [0.05, 0.1) is 19.3 Å². The van der Waals surface area contributed by atoms with Crippen LogP contribution in [0.3, 0.4) is 0 Å². The van der Waals surface area contributed by atoms with Crippen LogP contribution < -0.4 is 5.32 Å². The smallest absolute Gasteiger partial charge is 0.0914 e. The van der Waals surface area contributed by atoms with Gasteiger partial charge in [0, 0.05) is 20.3 Å². The highest BCUT2D eigenvalue weighted by Crippen LogP contribution is 2.10. The number of aliphatic hydroxyl groups is 1. The number of methoxy groups -OCH3 is 1. The lowest BCUT2D eigenvalue weighted by molar-refractivity contribution is 0.0687. The first kappa shape index (κ1) is 16.1. The van der Waals surface area contributed by atoms with Crippen LogP contribution in [0.25, 0.3) is 0 Å². The third-order valence-electron chi connectivity index (χ3n) is 2.85. The SMILES string of the molecule is COCCOCCCCNCC(O)c1ccccc1. The fraction of sp³-hybridized carbons (Fsp3) is 0.600. The zero-order valence-corrected chi connectivity index (χ0v) is 11.7. The summed E-state index contributed by atoms with van der Waals surface area (Å²) in [7, 11) is 1.67. The van der Waals surface area contributed by atoms with Gasteiger partial charge < -0.3 is 19.9 Å². The van der Waals surface area contributed by atoms with Gasteiger partial charge in [0.15, 0.2) is 0 Å². The van der Waals surface area contributed by atoms with Crippen molar-refractivity contribution >= 4 is 0 Å². The molecule has 4 heteroatoms. The van der Waals surface area contributed by atoms with Gasteiger partial charge in [-0.1, -0.05) is 30.3 Å². The van der Waals surface area contributed by atoms with Crippen molar-refractivity contribution in [2.75, 3.05) is 40.0 Å². The quantitative estimate of drug-likeness (QED) is 0.600. The number of hydrogen-bond acceptors (Lipinski definition) is 4. The second kappa shape index (κ2) is 10.9. The van der Waals surface area contributed by atoms with Crippen molar-refractivity contribution in [3.63, 3.8) is 0 Å². The second-order valence-electron chi connectivity index (χ2n) is 4.44. The van der Waals surface area contributed by atoms with E-state index in [0.29, 0.717) is 19.8 Å². The Balaban J connectivity index is 1.93. The van der Waals surface area contributed by atoms with Crippen LogP contribution in [0.15, 0.2) is 30.3 Å². The van der Waals surface area contributed by atoms with Crippen LogP contribution in [-0.2, 0) is 9.47 Å². The summed E-state index contributed by atoms with van der Waals surface area (Å²) in [4.78, 5) is 0. The van der Waals surface area contributed by atoms with E-state index >= 15 is 0 Å². The van der Waals surface area contributed by atoms with Gasteiger partial charge in [-0.3, -0.25) is 0 Å². The molecule has 0 saturated carbocycles. The first-order chi connectivity index (χ1) is 9.34. The van der Waals surface area contributed by atoms with Crippen LogP contribution >= 0.6 is 0 Å². The minimum atomic E-state index is -0.431. The molecular weight excluding hydrogens is 242 g/mol. The van der Waals surface area contributed by atoms with Crippen LogP contribution in [0.4, 0.5) is 0 Å². The van der Waals surface area contributed by atoms with Crippen molar-refractivity contribution in [2.45, 2.75) is 18.9 Å². The standard InChI is InChI=1S/C15H25NO3/c1-18-11-12-19-10-6-5-9-16-13-15(17)14-7-3-2-4-8-14/h2-4,7-8,15-17H,5-6,9-13H2,1H3. The van der Waals surface area contributed by atoms with Gasteiger partial charge in [0.1, 0.15) is 0 Å². The average molecular weight is 267 g/mol. The van der Waals surface area contributed by atoms with E-state index in [1.54, 1.807) is 7.11 Å². The molecule has 0 saturated heterocycles. The molecule has 108 valence electrons. The molecule has 0 heterocycles. The van der Waals surface area contributed by atoms with E-state index in [1.165, 1.54) is 0 Å². The molecule has 0 amide bonds. The summed E-state index contributed by atoms with van der Waals surface area (Å²) >= 11 is 0. The second-order valence-corrected chi connectivity index (χ2v) is 4.44. The molecular formula is C15H25NO3. The molecule has 0 aliphatic heterocycles. The van der Waals surface area contributed by atoms with Crippen molar-refractivity contribution < 1.29 is 14.6 Å². The number of rotatable bonds is 11. The predicted octanol–water partition coefficient (Wildman–Crippen LogP) is 1.75. The molecule has 0 aliphatic carbocycles. The van der Waals surface area contributed by atoms with Gasteiger partial charge in [0.2, 0.25) is 0 Å². The number of ether oxygens (including phenoxy) is 2. The number of hydrogen-bond donors (Lipinski definition) is 2. The predicted molar refractivity (Wildman–Crippen MR) is 76.2 cm³/mol. The molecule has 0 fully saturated rings. The van der Waals surface area contributed by atoms with Crippen LogP contribution in [0.5, 0.6) is 0 Å². The molecule has 0 aliphatic rings. The monoisotopic (exact) mass is 267 g/mol. The highest BCUT2D eigenvalue weighted by atomic mass is 16.5. The molecule has 0 spiro atoms. The first-order valence-electron chi connectivity index (χ1n) is 6.85. The Morgan fingerprint density at radius 3 is 2.63 bits per heavy atom. The third kappa shape index (κ3) is 7.95. The molecule has 2 N–H and O–H groups in total. The molecule has 1 unspecified atom stereocenters. The van der Waals surface area contributed by atoms with E-state index in [9.17, 15) is 5.11 Å². The average Bonchev–Trinajstić information content (AvgIpc) is 2.46. The van der Waals surface area contributed by atoms with Gasteiger partial charge in [-0.2, -0.15) is 0 Å². The normalized spacial score (nSPS) is 12.5. The molecule has 1 aromatic carbocycles. The fourth-order valence-corrected chi connectivity index (χ4v) is 1.73.